The number of benzene rings is 1. The number of hydrogen-bond donors (Lipinski definition) is 1. The van der Waals surface area contributed by atoms with E-state index in [2.05, 4.69) is 20.9 Å². The van der Waals surface area contributed by atoms with Gasteiger partial charge in [0.1, 0.15) is 5.69 Å². The lowest BCUT2D eigenvalue weighted by Crippen LogP contribution is -2.23. The maximum absolute atomic E-state index is 12.1. The molecule has 0 aliphatic heterocycles. The molecule has 5 heteroatoms. The third-order valence-corrected chi connectivity index (χ3v) is 4.08. The zero-order valence-electron chi connectivity index (χ0n) is 10.3. The SMILES string of the molecule is CCOC(=O)c1[nH]c2cccc3c2c1CC(Br)C3=O. The number of aromatic amines is 1. The molecule has 1 aliphatic carbocycles. The minimum absolute atomic E-state index is 0.0625. The maximum Gasteiger partial charge on any atom is 0.355 e. The third kappa shape index (κ3) is 1.80. The summed E-state index contributed by atoms with van der Waals surface area (Å²) in [7, 11) is 0. The van der Waals surface area contributed by atoms with E-state index in [4.69, 9.17) is 4.74 Å². The van der Waals surface area contributed by atoms with Crippen LogP contribution in [-0.2, 0) is 11.2 Å². The molecule has 0 radical (unpaired) electrons. The van der Waals surface area contributed by atoms with Gasteiger partial charge in [-0.2, -0.15) is 0 Å². The summed E-state index contributed by atoms with van der Waals surface area (Å²) >= 11 is 3.38. The van der Waals surface area contributed by atoms with Crippen molar-refractivity contribution in [2.24, 2.45) is 0 Å². The Balaban J connectivity index is 2.26. The third-order valence-electron chi connectivity index (χ3n) is 3.34. The molecule has 1 atom stereocenters. The lowest BCUT2D eigenvalue weighted by molar-refractivity contribution is 0.0519. The van der Waals surface area contributed by atoms with Crippen molar-refractivity contribution in [1.29, 1.82) is 0 Å². The Morgan fingerprint density at radius 3 is 3.05 bits per heavy atom. The fraction of sp³-hybridized carbons (Fsp3) is 0.286. The highest BCUT2D eigenvalue weighted by atomic mass is 79.9. The molecule has 19 heavy (non-hydrogen) atoms. The number of H-pyrrole nitrogens is 1. The second-order valence-electron chi connectivity index (χ2n) is 4.46. The van der Waals surface area contributed by atoms with Crippen molar-refractivity contribution in [1.82, 2.24) is 4.98 Å². The molecule has 0 spiro atoms. The molecule has 2 aromatic rings. The standard InChI is InChI=1S/C14H12BrNO3/c1-2-19-14(18)12-8-6-9(15)13(17)7-4-3-5-10(16-12)11(7)8/h3-5,9,16H,2,6H2,1H3. The number of rotatable bonds is 2. The number of alkyl halides is 1. The van der Waals surface area contributed by atoms with Crippen LogP contribution in [0.5, 0.6) is 0 Å². The highest BCUT2D eigenvalue weighted by Crippen LogP contribution is 2.34. The predicted octanol–water partition coefficient (Wildman–Crippen LogP) is 2.85. The molecule has 0 fully saturated rings. The number of hydrogen-bond acceptors (Lipinski definition) is 3. The molecule has 1 aromatic heterocycles. The van der Waals surface area contributed by atoms with Crippen molar-refractivity contribution < 1.29 is 14.3 Å². The monoisotopic (exact) mass is 321 g/mol. The van der Waals surface area contributed by atoms with Gasteiger partial charge in [0.2, 0.25) is 0 Å². The molecule has 1 heterocycles. The zero-order valence-corrected chi connectivity index (χ0v) is 11.9. The Bertz CT molecular complexity index is 689. The minimum atomic E-state index is -0.367. The number of Topliss-reactive ketones (excluding diaryl/α,β-unsaturated/α-hetero) is 1. The van der Waals surface area contributed by atoms with Crippen LogP contribution in [0.25, 0.3) is 10.9 Å². The van der Waals surface area contributed by atoms with Gasteiger partial charge >= 0.3 is 5.97 Å². The number of carbonyl (C=O) groups excluding carboxylic acids is 2. The molecule has 1 aromatic carbocycles. The second-order valence-corrected chi connectivity index (χ2v) is 5.57. The maximum atomic E-state index is 12.1. The van der Waals surface area contributed by atoms with Gasteiger partial charge in [-0.15, -0.1) is 0 Å². The summed E-state index contributed by atoms with van der Waals surface area (Å²) in [6, 6.07) is 5.48. The zero-order chi connectivity index (χ0) is 13.6. The summed E-state index contributed by atoms with van der Waals surface area (Å²) in [6.45, 7) is 2.10. The van der Waals surface area contributed by atoms with E-state index in [0.29, 0.717) is 24.3 Å². The number of esters is 1. The van der Waals surface area contributed by atoms with Gasteiger partial charge in [0, 0.05) is 16.5 Å². The Labute approximate surface area is 118 Å². The highest BCUT2D eigenvalue weighted by molar-refractivity contribution is 9.10. The Kier molecular flexibility index (Phi) is 2.93. The van der Waals surface area contributed by atoms with Gasteiger partial charge in [-0.1, -0.05) is 28.1 Å². The van der Waals surface area contributed by atoms with Gasteiger partial charge in [0.15, 0.2) is 5.78 Å². The van der Waals surface area contributed by atoms with E-state index in [9.17, 15) is 9.59 Å². The Morgan fingerprint density at radius 2 is 2.32 bits per heavy atom. The first-order valence-electron chi connectivity index (χ1n) is 6.12. The van der Waals surface area contributed by atoms with Crippen molar-refractivity contribution in [2.45, 2.75) is 18.2 Å². The van der Waals surface area contributed by atoms with Crippen LogP contribution in [0.15, 0.2) is 18.2 Å². The fourth-order valence-electron chi connectivity index (χ4n) is 2.54. The van der Waals surface area contributed by atoms with Crippen LogP contribution >= 0.6 is 15.9 Å². The summed E-state index contributed by atoms with van der Waals surface area (Å²) < 4.78 is 5.06. The number of ether oxygens (including phenoxy) is 1. The van der Waals surface area contributed by atoms with E-state index in [0.717, 1.165) is 16.5 Å². The first-order chi connectivity index (χ1) is 9.13. The van der Waals surface area contributed by atoms with Gasteiger partial charge in [0.25, 0.3) is 0 Å². The summed E-state index contributed by atoms with van der Waals surface area (Å²) in [5, 5.41) is 0.853. The number of nitrogens with one attached hydrogen (secondary N) is 1. The number of carbonyl (C=O) groups is 2. The van der Waals surface area contributed by atoms with E-state index in [-0.39, 0.29) is 16.6 Å². The van der Waals surface area contributed by atoms with E-state index >= 15 is 0 Å². The summed E-state index contributed by atoms with van der Waals surface area (Å²) in [6.07, 6.45) is 0.504. The molecule has 3 rings (SSSR count). The van der Waals surface area contributed by atoms with Crippen LogP contribution in [0.4, 0.5) is 0 Å². The molecule has 0 saturated heterocycles. The van der Waals surface area contributed by atoms with Crippen LogP contribution in [0.2, 0.25) is 0 Å². The smallest absolute Gasteiger partial charge is 0.355 e. The van der Waals surface area contributed by atoms with E-state index in [1.165, 1.54) is 0 Å². The lowest BCUT2D eigenvalue weighted by Gasteiger charge is -2.17. The fourth-order valence-corrected chi connectivity index (χ4v) is 3.11. The molecular weight excluding hydrogens is 310 g/mol. The molecule has 98 valence electrons. The number of ketones is 1. The quantitative estimate of drug-likeness (QED) is 0.683. The average molecular weight is 322 g/mol. The normalized spacial score (nSPS) is 17.8. The molecule has 1 aliphatic rings. The van der Waals surface area contributed by atoms with Crippen LogP contribution in [0.3, 0.4) is 0 Å². The van der Waals surface area contributed by atoms with Crippen LogP contribution in [-0.4, -0.2) is 28.2 Å². The van der Waals surface area contributed by atoms with Crippen molar-refractivity contribution in [3.63, 3.8) is 0 Å². The van der Waals surface area contributed by atoms with Crippen molar-refractivity contribution in [3.8, 4) is 0 Å². The minimum Gasteiger partial charge on any atom is -0.461 e. The predicted molar refractivity (Wildman–Crippen MR) is 75.0 cm³/mol. The van der Waals surface area contributed by atoms with Crippen LogP contribution in [0, 0.1) is 0 Å². The molecule has 1 unspecified atom stereocenters. The van der Waals surface area contributed by atoms with Crippen LogP contribution < -0.4 is 0 Å². The Morgan fingerprint density at radius 1 is 1.53 bits per heavy atom. The van der Waals surface area contributed by atoms with Crippen molar-refractivity contribution >= 4 is 38.6 Å². The first kappa shape index (κ1) is 12.4. The van der Waals surface area contributed by atoms with Gasteiger partial charge in [0.05, 0.1) is 11.4 Å². The first-order valence-corrected chi connectivity index (χ1v) is 7.04. The van der Waals surface area contributed by atoms with Gasteiger partial charge in [-0.05, 0) is 25.0 Å². The van der Waals surface area contributed by atoms with Gasteiger partial charge in [-0.3, -0.25) is 4.79 Å². The number of halogens is 1. The number of aromatic nitrogens is 1. The Hall–Kier alpha value is -1.62. The second kappa shape index (κ2) is 4.49. The van der Waals surface area contributed by atoms with Gasteiger partial charge in [-0.25, -0.2) is 4.79 Å². The van der Waals surface area contributed by atoms with E-state index in [1.54, 1.807) is 13.0 Å². The largest absolute Gasteiger partial charge is 0.461 e. The van der Waals surface area contributed by atoms with E-state index < -0.39 is 0 Å². The molecule has 0 bridgehead atoms. The topological polar surface area (TPSA) is 59.2 Å². The molecule has 1 N–H and O–H groups in total. The van der Waals surface area contributed by atoms with E-state index in [1.807, 2.05) is 12.1 Å². The van der Waals surface area contributed by atoms with Crippen LogP contribution in [0.1, 0.15) is 33.3 Å². The molecule has 0 saturated carbocycles. The molecular formula is C14H12BrNO3. The summed E-state index contributed by atoms with van der Waals surface area (Å²) in [5.41, 5.74) is 2.79. The summed E-state index contributed by atoms with van der Waals surface area (Å²) in [4.78, 5) is 26.9. The van der Waals surface area contributed by atoms with Crippen molar-refractivity contribution in [2.75, 3.05) is 6.61 Å². The van der Waals surface area contributed by atoms with Gasteiger partial charge < -0.3 is 9.72 Å². The summed E-state index contributed by atoms with van der Waals surface area (Å²) in [5.74, 6) is -0.304. The lowest BCUT2D eigenvalue weighted by atomic mass is 9.90. The molecule has 0 amide bonds. The average Bonchev–Trinajstić information content (AvgIpc) is 2.76. The van der Waals surface area contributed by atoms with Crippen molar-refractivity contribution in [3.05, 3.63) is 35.0 Å². The molecule has 4 nitrogen and oxygen atoms in total. The highest BCUT2D eigenvalue weighted by Gasteiger charge is 2.31.